The highest BCUT2D eigenvalue weighted by molar-refractivity contribution is 6.03. The largest absolute Gasteiger partial charge is 0.457 e. The van der Waals surface area contributed by atoms with Gasteiger partial charge in [0.1, 0.15) is 11.5 Å². The van der Waals surface area contributed by atoms with Crippen molar-refractivity contribution in [2.24, 2.45) is 0 Å². The van der Waals surface area contributed by atoms with Crippen molar-refractivity contribution in [2.75, 3.05) is 0 Å². The molecule has 3 heteroatoms. The Hall–Kier alpha value is -4.76. The van der Waals surface area contributed by atoms with Gasteiger partial charge in [-0.1, -0.05) is 91.4 Å². The summed E-state index contributed by atoms with van der Waals surface area (Å²) in [5, 5.41) is 2.20. The van der Waals surface area contributed by atoms with Crippen molar-refractivity contribution in [1.29, 1.82) is 0 Å². The van der Waals surface area contributed by atoms with E-state index in [1.54, 1.807) is 0 Å². The molecule has 38 heavy (non-hydrogen) atoms. The van der Waals surface area contributed by atoms with Gasteiger partial charge < -0.3 is 4.74 Å². The Kier molecular flexibility index (Phi) is 4.56. The number of aromatic nitrogens is 2. The number of hydrogen-bond donors (Lipinski definition) is 0. The average Bonchev–Trinajstić information content (AvgIpc) is 3.37. The zero-order valence-electron chi connectivity index (χ0n) is 21.0. The van der Waals surface area contributed by atoms with Gasteiger partial charge in [0.2, 0.25) is 0 Å². The first-order valence-electron chi connectivity index (χ1n) is 13.2. The third-order valence-electron chi connectivity index (χ3n) is 8.00. The number of fused-ring (bicyclic) bond motifs is 5. The second kappa shape index (κ2) is 8.12. The van der Waals surface area contributed by atoms with E-state index >= 15 is 0 Å². The van der Waals surface area contributed by atoms with Gasteiger partial charge in [-0.2, -0.15) is 0 Å². The lowest BCUT2D eigenvalue weighted by atomic mass is 9.84. The van der Waals surface area contributed by atoms with E-state index in [0.717, 1.165) is 62.1 Å². The van der Waals surface area contributed by atoms with Gasteiger partial charge in [0.15, 0.2) is 0 Å². The molecule has 180 valence electrons. The quantitative estimate of drug-likeness (QED) is 0.233. The smallest absolute Gasteiger partial charge is 0.132 e. The number of benzene rings is 4. The van der Waals surface area contributed by atoms with E-state index in [1.165, 1.54) is 22.3 Å². The zero-order chi connectivity index (χ0) is 25.2. The van der Waals surface area contributed by atoms with Crippen molar-refractivity contribution in [3.8, 4) is 33.9 Å². The standard InChI is InChI=1S/C35H24N2O/c1-2-21-19-27-5-3-7-30-33(27)32(21)28-16-14-26(20-31(28)38-30)22-8-10-23(11-9-22)29-17-15-25-13-12-24-6-4-18-36-34(24)35(25)37-29/h3-20,32H,2H2,1H3. The minimum absolute atomic E-state index is 0.302. The van der Waals surface area contributed by atoms with Crippen LogP contribution in [0.1, 0.15) is 36.0 Å². The number of ether oxygens (including phenoxy) is 1. The minimum Gasteiger partial charge on any atom is -0.457 e. The van der Waals surface area contributed by atoms with Gasteiger partial charge in [-0.15, -0.1) is 0 Å². The first-order valence-corrected chi connectivity index (χ1v) is 13.2. The second-order valence-electron chi connectivity index (χ2n) is 10.1. The molecule has 1 unspecified atom stereocenters. The predicted molar refractivity (Wildman–Crippen MR) is 155 cm³/mol. The molecule has 4 aromatic carbocycles. The minimum atomic E-state index is 0.302. The van der Waals surface area contributed by atoms with Gasteiger partial charge in [0.25, 0.3) is 0 Å². The lowest BCUT2D eigenvalue weighted by molar-refractivity contribution is 0.453. The van der Waals surface area contributed by atoms with Crippen LogP contribution in [-0.4, -0.2) is 9.97 Å². The van der Waals surface area contributed by atoms with E-state index in [2.05, 4.69) is 109 Å². The molecule has 0 amide bonds. The summed E-state index contributed by atoms with van der Waals surface area (Å²) in [6.45, 7) is 2.24. The molecule has 6 aromatic rings. The second-order valence-corrected chi connectivity index (χ2v) is 10.1. The summed E-state index contributed by atoms with van der Waals surface area (Å²) in [6, 6.07) is 34.2. The van der Waals surface area contributed by atoms with Gasteiger partial charge in [-0.05, 0) is 47.4 Å². The summed E-state index contributed by atoms with van der Waals surface area (Å²) in [5.74, 6) is 2.24. The fraction of sp³-hybridized carbons (Fsp3) is 0.0857. The van der Waals surface area contributed by atoms with Crippen molar-refractivity contribution in [3.63, 3.8) is 0 Å². The molecule has 8 rings (SSSR count). The third kappa shape index (κ3) is 3.15. The number of rotatable bonds is 3. The molecule has 0 spiro atoms. The Balaban J connectivity index is 1.15. The summed E-state index contributed by atoms with van der Waals surface area (Å²) in [4.78, 5) is 9.60. The maximum atomic E-state index is 6.44. The first kappa shape index (κ1) is 21.3. The van der Waals surface area contributed by atoms with Crippen LogP contribution in [0.4, 0.5) is 0 Å². The predicted octanol–water partition coefficient (Wildman–Crippen LogP) is 9.16. The van der Waals surface area contributed by atoms with Crippen LogP contribution in [0.15, 0.2) is 109 Å². The van der Waals surface area contributed by atoms with Gasteiger partial charge in [-0.3, -0.25) is 4.98 Å². The number of pyridine rings is 2. The Labute approximate surface area is 221 Å². The number of hydrogen-bond acceptors (Lipinski definition) is 3. The Morgan fingerprint density at radius 2 is 1.50 bits per heavy atom. The zero-order valence-corrected chi connectivity index (χ0v) is 21.0. The van der Waals surface area contributed by atoms with Crippen LogP contribution >= 0.6 is 0 Å². The highest BCUT2D eigenvalue weighted by atomic mass is 16.5. The van der Waals surface area contributed by atoms with Crippen LogP contribution in [0.25, 0.3) is 50.3 Å². The average molecular weight is 489 g/mol. The number of allylic oxidation sites excluding steroid dienone is 1. The fourth-order valence-corrected chi connectivity index (χ4v) is 6.09. The molecule has 0 N–H and O–H groups in total. The maximum absolute atomic E-state index is 6.44. The maximum Gasteiger partial charge on any atom is 0.132 e. The van der Waals surface area contributed by atoms with Crippen LogP contribution in [0.5, 0.6) is 11.5 Å². The van der Waals surface area contributed by atoms with E-state index in [1.807, 2.05) is 12.3 Å². The fourth-order valence-electron chi connectivity index (χ4n) is 6.09. The van der Waals surface area contributed by atoms with Crippen LogP contribution < -0.4 is 4.74 Å². The number of nitrogens with zero attached hydrogens (tertiary/aromatic N) is 2. The summed E-state index contributed by atoms with van der Waals surface area (Å²) in [7, 11) is 0. The van der Waals surface area contributed by atoms with E-state index in [4.69, 9.17) is 9.72 Å². The van der Waals surface area contributed by atoms with Crippen LogP contribution in [-0.2, 0) is 0 Å². The lowest BCUT2D eigenvalue weighted by Gasteiger charge is -2.28. The van der Waals surface area contributed by atoms with Crippen molar-refractivity contribution < 1.29 is 4.74 Å². The van der Waals surface area contributed by atoms with Crippen molar-refractivity contribution in [1.82, 2.24) is 9.97 Å². The molecule has 3 nitrogen and oxygen atoms in total. The Morgan fingerprint density at radius 3 is 2.37 bits per heavy atom. The van der Waals surface area contributed by atoms with Gasteiger partial charge in [0.05, 0.1) is 16.7 Å². The van der Waals surface area contributed by atoms with Gasteiger partial charge >= 0.3 is 0 Å². The normalized spacial score (nSPS) is 15.2. The topological polar surface area (TPSA) is 35.0 Å². The van der Waals surface area contributed by atoms with Crippen LogP contribution in [0.2, 0.25) is 0 Å². The van der Waals surface area contributed by atoms with Gasteiger partial charge in [0, 0.05) is 39.6 Å². The summed E-state index contributed by atoms with van der Waals surface area (Å²) in [5.41, 5.74) is 11.5. The lowest BCUT2D eigenvalue weighted by Crippen LogP contribution is -2.10. The third-order valence-corrected chi connectivity index (χ3v) is 8.00. The SMILES string of the molecule is CCC1=Cc2cccc3c2C1c1ccc(-c2ccc(-c4ccc5ccc6cccnc6c5n4)cc2)cc1O3. The molecular weight excluding hydrogens is 464 g/mol. The van der Waals surface area contributed by atoms with E-state index < -0.39 is 0 Å². The van der Waals surface area contributed by atoms with Crippen molar-refractivity contribution >= 4 is 27.9 Å². The van der Waals surface area contributed by atoms with E-state index in [0.29, 0.717) is 5.92 Å². The molecule has 0 bridgehead atoms. The molecule has 2 aromatic heterocycles. The molecule has 0 saturated carbocycles. The van der Waals surface area contributed by atoms with Crippen molar-refractivity contribution in [2.45, 2.75) is 19.3 Å². The molecule has 1 aliphatic carbocycles. The summed E-state index contributed by atoms with van der Waals surface area (Å²) >= 11 is 0. The first-order chi connectivity index (χ1) is 18.8. The molecule has 2 aliphatic rings. The molecule has 0 fully saturated rings. The Morgan fingerprint density at radius 1 is 0.711 bits per heavy atom. The highest BCUT2D eigenvalue weighted by Gasteiger charge is 2.34. The molecule has 3 heterocycles. The Bertz CT molecular complexity index is 1940. The summed E-state index contributed by atoms with van der Waals surface area (Å²) in [6.07, 6.45) is 5.21. The molecule has 0 radical (unpaired) electrons. The molecule has 1 atom stereocenters. The molecule has 1 aliphatic heterocycles. The van der Waals surface area contributed by atoms with E-state index in [-0.39, 0.29) is 0 Å². The highest BCUT2D eigenvalue weighted by Crippen LogP contribution is 2.54. The van der Waals surface area contributed by atoms with Crippen LogP contribution in [0, 0.1) is 0 Å². The van der Waals surface area contributed by atoms with E-state index in [9.17, 15) is 0 Å². The van der Waals surface area contributed by atoms with Crippen LogP contribution in [0.3, 0.4) is 0 Å². The molecule has 0 saturated heterocycles. The van der Waals surface area contributed by atoms with Gasteiger partial charge in [-0.25, -0.2) is 4.98 Å². The summed E-state index contributed by atoms with van der Waals surface area (Å²) < 4.78 is 6.44. The van der Waals surface area contributed by atoms with Crippen molar-refractivity contribution in [3.05, 3.63) is 126 Å². The molecular formula is C35H24N2O. The monoisotopic (exact) mass is 488 g/mol.